The zero-order valence-corrected chi connectivity index (χ0v) is 17.1. The van der Waals surface area contributed by atoms with Crippen LogP contribution in [0.15, 0.2) is 70.0 Å². The maximum atomic E-state index is 14.0. The van der Waals surface area contributed by atoms with Crippen LogP contribution in [0.4, 0.5) is 4.39 Å². The van der Waals surface area contributed by atoms with E-state index in [1.807, 2.05) is 24.3 Å². The van der Waals surface area contributed by atoms with Crippen molar-refractivity contribution in [1.29, 1.82) is 0 Å². The van der Waals surface area contributed by atoms with Gasteiger partial charge in [0.25, 0.3) is 11.5 Å². The minimum Gasteiger partial charge on any atom is -0.497 e. The number of pyridine rings is 1. The first-order chi connectivity index (χ1) is 15.0. The number of nitrogens with one attached hydrogen (secondary N) is 1. The van der Waals surface area contributed by atoms with Crippen molar-refractivity contribution in [2.45, 2.75) is 20.0 Å². The van der Waals surface area contributed by atoms with Gasteiger partial charge in [-0.3, -0.25) is 9.59 Å². The summed E-state index contributed by atoms with van der Waals surface area (Å²) in [6.45, 7) is 1.95. The van der Waals surface area contributed by atoms with Crippen LogP contribution in [0.25, 0.3) is 11.0 Å². The molecule has 0 spiro atoms. The highest BCUT2D eigenvalue weighted by molar-refractivity contribution is 6.06. The van der Waals surface area contributed by atoms with E-state index in [1.54, 1.807) is 38.3 Å². The summed E-state index contributed by atoms with van der Waals surface area (Å²) in [6, 6.07) is 15.2. The number of methoxy groups -OCH3 is 1. The molecule has 1 amide bonds. The van der Waals surface area contributed by atoms with Gasteiger partial charge in [0.1, 0.15) is 22.9 Å². The predicted molar refractivity (Wildman–Crippen MR) is 115 cm³/mol. The van der Waals surface area contributed by atoms with E-state index in [-0.39, 0.29) is 24.0 Å². The second-order valence-electron chi connectivity index (χ2n) is 7.15. The first-order valence-electron chi connectivity index (χ1n) is 9.75. The largest absolute Gasteiger partial charge is 0.497 e. The fraction of sp³-hybridized carbons (Fsp3) is 0.167. The number of hydrogen-bond acceptors (Lipinski definition) is 4. The third kappa shape index (κ3) is 4.07. The monoisotopic (exact) mass is 420 g/mol. The number of ether oxygens (including phenoxy) is 1. The van der Waals surface area contributed by atoms with E-state index in [4.69, 9.17) is 9.15 Å². The zero-order chi connectivity index (χ0) is 22.0. The Kier molecular flexibility index (Phi) is 5.58. The molecule has 0 atom stereocenters. The summed E-state index contributed by atoms with van der Waals surface area (Å²) in [4.78, 5) is 26.1. The van der Waals surface area contributed by atoms with E-state index in [9.17, 15) is 14.0 Å². The number of nitrogens with zero attached hydrogens (tertiary/aromatic N) is 1. The van der Waals surface area contributed by atoms with Gasteiger partial charge in [-0.2, -0.15) is 0 Å². The molecule has 158 valence electrons. The Morgan fingerprint density at radius 1 is 1.16 bits per heavy atom. The minimum atomic E-state index is -0.417. The van der Waals surface area contributed by atoms with Crippen LogP contribution in [0, 0.1) is 12.7 Å². The van der Waals surface area contributed by atoms with Crippen LogP contribution in [0.1, 0.15) is 27.2 Å². The Morgan fingerprint density at radius 3 is 2.74 bits per heavy atom. The number of fused-ring (bicyclic) bond motifs is 1. The van der Waals surface area contributed by atoms with Crippen LogP contribution in [0.2, 0.25) is 0 Å². The molecule has 0 saturated carbocycles. The van der Waals surface area contributed by atoms with Crippen LogP contribution in [-0.2, 0) is 13.1 Å². The predicted octanol–water partition coefficient (Wildman–Crippen LogP) is 4.03. The number of aromatic nitrogens is 1. The molecule has 2 aromatic carbocycles. The van der Waals surface area contributed by atoms with Crippen molar-refractivity contribution in [3.05, 3.63) is 99.4 Å². The summed E-state index contributed by atoms with van der Waals surface area (Å²) in [7, 11) is 1.57. The van der Waals surface area contributed by atoms with Gasteiger partial charge in [-0.1, -0.05) is 30.3 Å². The summed E-state index contributed by atoms with van der Waals surface area (Å²) >= 11 is 0. The first kappa shape index (κ1) is 20.4. The molecule has 2 heterocycles. The lowest BCUT2D eigenvalue weighted by Crippen LogP contribution is -2.26. The van der Waals surface area contributed by atoms with E-state index in [0.29, 0.717) is 22.7 Å². The molecule has 0 aliphatic carbocycles. The number of aryl methyl sites for hydroxylation is 1. The molecule has 1 N–H and O–H groups in total. The minimum absolute atomic E-state index is 0.0521. The van der Waals surface area contributed by atoms with Crippen LogP contribution in [-0.4, -0.2) is 17.6 Å². The molecule has 0 aliphatic rings. The number of carbonyl (C=O) groups is 1. The number of hydrogen-bond donors (Lipinski definition) is 1. The summed E-state index contributed by atoms with van der Waals surface area (Å²) in [6.07, 6.45) is 1.54. The van der Waals surface area contributed by atoms with Crippen LogP contribution < -0.4 is 15.6 Å². The number of halogens is 1. The highest BCUT2D eigenvalue weighted by Crippen LogP contribution is 2.23. The number of carbonyl (C=O) groups excluding carboxylic acids is 1. The van der Waals surface area contributed by atoms with E-state index >= 15 is 0 Å². The molecule has 0 unspecified atom stereocenters. The Hall–Kier alpha value is -3.87. The molecular weight excluding hydrogens is 399 g/mol. The van der Waals surface area contributed by atoms with Gasteiger partial charge in [-0.25, -0.2) is 4.39 Å². The second kappa shape index (κ2) is 8.47. The van der Waals surface area contributed by atoms with Crippen molar-refractivity contribution < 1.29 is 18.3 Å². The maximum absolute atomic E-state index is 14.0. The Bertz CT molecular complexity index is 1320. The lowest BCUT2D eigenvalue weighted by atomic mass is 10.1. The number of amides is 1. The standard InChI is InChI=1S/C24H21FN2O4/c1-15-21(23(28)26-13-16-6-5-8-18(12-16)30-2)22-20(31-15)10-11-27(24(22)29)14-17-7-3-4-9-19(17)25/h3-12H,13-14H2,1-2H3,(H,26,28). The average molecular weight is 420 g/mol. The normalized spacial score (nSPS) is 10.9. The first-order valence-corrected chi connectivity index (χ1v) is 9.75. The van der Waals surface area contributed by atoms with Crippen molar-refractivity contribution in [2.75, 3.05) is 7.11 Å². The molecule has 0 fully saturated rings. The summed E-state index contributed by atoms with van der Waals surface area (Å²) in [5, 5.41) is 3.01. The number of rotatable bonds is 6. The van der Waals surface area contributed by atoms with Crippen molar-refractivity contribution >= 4 is 16.9 Å². The molecule has 0 radical (unpaired) electrons. The third-order valence-electron chi connectivity index (χ3n) is 5.10. The van der Waals surface area contributed by atoms with Gasteiger partial charge in [0.05, 0.1) is 24.6 Å². The van der Waals surface area contributed by atoms with Gasteiger partial charge in [-0.05, 0) is 36.8 Å². The van der Waals surface area contributed by atoms with Gasteiger partial charge >= 0.3 is 0 Å². The van der Waals surface area contributed by atoms with Gasteiger partial charge in [0.15, 0.2) is 0 Å². The molecule has 7 heteroatoms. The van der Waals surface area contributed by atoms with E-state index in [0.717, 1.165) is 5.56 Å². The van der Waals surface area contributed by atoms with Crippen LogP contribution in [0.3, 0.4) is 0 Å². The maximum Gasteiger partial charge on any atom is 0.262 e. The molecule has 0 saturated heterocycles. The van der Waals surface area contributed by atoms with Crippen molar-refractivity contribution in [1.82, 2.24) is 9.88 Å². The number of benzene rings is 2. The zero-order valence-electron chi connectivity index (χ0n) is 17.1. The quantitative estimate of drug-likeness (QED) is 0.511. The van der Waals surface area contributed by atoms with Crippen molar-refractivity contribution in [3.8, 4) is 5.75 Å². The van der Waals surface area contributed by atoms with Crippen molar-refractivity contribution in [2.24, 2.45) is 0 Å². The topological polar surface area (TPSA) is 73.5 Å². The average Bonchev–Trinajstić information content (AvgIpc) is 3.12. The smallest absolute Gasteiger partial charge is 0.262 e. The van der Waals surface area contributed by atoms with E-state index in [2.05, 4.69) is 5.32 Å². The lowest BCUT2D eigenvalue weighted by Gasteiger charge is -2.08. The summed E-state index contributed by atoms with van der Waals surface area (Å²) in [5.74, 6) is 0.223. The third-order valence-corrected chi connectivity index (χ3v) is 5.10. The molecule has 6 nitrogen and oxygen atoms in total. The van der Waals surface area contributed by atoms with Gasteiger partial charge < -0.3 is 19.0 Å². The van der Waals surface area contributed by atoms with Gasteiger partial charge in [0, 0.05) is 18.3 Å². The molecule has 4 rings (SSSR count). The summed E-state index contributed by atoms with van der Waals surface area (Å²) in [5.41, 5.74) is 1.33. The SMILES string of the molecule is COc1cccc(CNC(=O)c2c(C)oc3ccn(Cc4ccccc4F)c(=O)c23)c1. The Labute approximate surface area is 177 Å². The Morgan fingerprint density at radius 2 is 1.97 bits per heavy atom. The number of furan rings is 1. The fourth-order valence-electron chi connectivity index (χ4n) is 3.53. The molecular formula is C24H21FN2O4. The van der Waals surface area contributed by atoms with E-state index < -0.39 is 17.3 Å². The van der Waals surface area contributed by atoms with Gasteiger partial charge in [0.2, 0.25) is 0 Å². The molecule has 0 aliphatic heterocycles. The lowest BCUT2D eigenvalue weighted by molar-refractivity contribution is 0.0950. The molecule has 2 aromatic heterocycles. The fourth-order valence-corrected chi connectivity index (χ4v) is 3.53. The highest BCUT2D eigenvalue weighted by Gasteiger charge is 2.22. The van der Waals surface area contributed by atoms with Gasteiger partial charge in [-0.15, -0.1) is 0 Å². The molecule has 31 heavy (non-hydrogen) atoms. The second-order valence-corrected chi connectivity index (χ2v) is 7.15. The molecule has 4 aromatic rings. The van der Waals surface area contributed by atoms with E-state index in [1.165, 1.54) is 16.8 Å². The molecule has 0 bridgehead atoms. The van der Waals surface area contributed by atoms with Crippen molar-refractivity contribution in [3.63, 3.8) is 0 Å². The Balaban J connectivity index is 1.65. The van der Waals surface area contributed by atoms with Crippen LogP contribution in [0.5, 0.6) is 5.75 Å². The highest BCUT2D eigenvalue weighted by atomic mass is 19.1. The summed E-state index contributed by atoms with van der Waals surface area (Å²) < 4.78 is 26.3. The van der Waals surface area contributed by atoms with Crippen LogP contribution >= 0.6 is 0 Å².